The zero-order chi connectivity index (χ0) is 47.9. The van der Waals surface area contributed by atoms with Crippen molar-refractivity contribution < 1.29 is 28.6 Å². The number of hydrogen-bond donors (Lipinski definition) is 0. The van der Waals surface area contributed by atoms with Crippen molar-refractivity contribution in [1.82, 2.24) is 0 Å². The zero-order valence-corrected chi connectivity index (χ0v) is 41.6. The fraction of sp³-hybridized carbons (Fsp3) is 0.517. The molecule has 0 amide bonds. The second kappa shape index (κ2) is 52.7. The van der Waals surface area contributed by atoms with Gasteiger partial charge in [-0.05, 0) is 109 Å². The van der Waals surface area contributed by atoms with E-state index in [0.717, 1.165) is 116 Å². The third-order valence-electron chi connectivity index (χ3n) is 9.89. The molecule has 0 aromatic heterocycles. The van der Waals surface area contributed by atoms with Crippen LogP contribution in [-0.2, 0) is 28.6 Å². The molecule has 0 saturated heterocycles. The summed E-state index contributed by atoms with van der Waals surface area (Å²) in [6.45, 7) is 6.14. The predicted octanol–water partition coefficient (Wildman–Crippen LogP) is 17.0. The van der Waals surface area contributed by atoms with Crippen LogP contribution in [0.2, 0.25) is 0 Å². The number of rotatable bonds is 43. The van der Waals surface area contributed by atoms with E-state index >= 15 is 0 Å². The molecular formula is C60H90O6. The van der Waals surface area contributed by atoms with Gasteiger partial charge in [-0.2, -0.15) is 0 Å². The van der Waals surface area contributed by atoms with Crippen molar-refractivity contribution in [3.05, 3.63) is 158 Å². The molecule has 0 aromatic rings. The SMILES string of the molecule is CC\C=C/C=C\C=C/C=C\C=C/CCCCCC(=O)OCC(COC(=O)CCC/C=C\C/C=C\C/C=C\C/C=C\C/C=C\CC)OC(=O)CCCCCCCC/C=C\C/C=C\C/C=C\CC. The van der Waals surface area contributed by atoms with Crippen LogP contribution in [0.1, 0.15) is 181 Å². The van der Waals surface area contributed by atoms with Crippen molar-refractivity contribution in [3.8, 4) is 0 Å². The number of unbranched alkanes of at least 4 members (excludes halogenated alkanes) is 10. The molecule has 0 aliphatic carbocycles. The summed E-state index contributed by atoms with van der Waals surface area (Å²) in [4.78, 5) is 38.0. The molecular weight excluding hydrogens is 817 g/mol. The van der Waals surface area contributed by atoms with Crippen molar-refractivity contribution in [2.75, 3.05) is 13.2 Å². The number of carbonyl (C=O) groups excluding carboxylic acids is 3. The van der Waals surface area contributed by atoms with Crippen LogP contribution in [0.5, 0.6) is 0 Å². The van der Waals surface area contributed by atoms with Crippen LogP contribution in [0, 0.1) is 0 Å². The predicted molar refractivity (Wildman–Crippen MR) is 283 cm³/mol. The maximum absolute atomic E-state index is 12.8. The molecule has 1 unspecified atom stereocenters. The molecule has 6 heteroatoms. The second-order valence-corrected chi connectivity index (χ2v) is 16.1. The van der Waals surface area contributed by atoms with Gasteiger partial charge in [0.05, 0.1) is 0 Å². The molecule has 0 aliphatic heterocycles. The van der Waals surface area contributed by atoms with E-state index in [1.54, 1.807) is 0 Å². The number of esters is 3. The van der Waals surface area contributed by atoms with E-state index in [1.165, 1.54) is 12.8 Å². The first-order chi connectivity index (χ1) is 32.5. The molecule has 0 fully saturated rings. The van der Waals surface area contributed by atoms with Crippen LogP contribution in [0.25, 0.3) is 0 Å². The van der Waals surface area contributed by atoms with Crippen LogP contribution in [0.4, 0.5) is 0 Å². The van der Waals surface area contributed by atoms with Crippen LogP contribution >= 0.6 is 0 Å². The Morgan fingerprint density at radius 2 is 0.636 bits per heavy atom. The molecule has 6 nitrogen and oxygen atoms in total. The highest BCUT2D eigenvalue weighted by Gasteiger charge is 2.19. The number of hydrogen-bond acceptors (Lipinski definition) is 6. The highest BCUT2D eigenvalue weighted by molar-refractivity contribution is 5.71. The van der Waals surface area contributed by atoms with Crippen LogP contribution in [0.3, 0.4) is 0 Å². The van der Waals surface area contributed by atoms with Gasteiger partial charge in [0.1, 0.15) is 13.2 Å². The summed E-state index contributed by atoms with van der Waals surface area (Å²) in [5.74, 6) is -1.06. The summed E-state index contributed by atoms with van der Waals surface area (Å²) in [5.41, 5.74) is 0. The fourth-order valence-electron chi connectivity index (χ4n) is 6.16. The summed E-state index contributed by atoms with van der Waals surface area (Å²) >= 11 is 0. The fourth-order valence-corrected chi connectivity index (χ4v) is 6.16. The summed E-state index contributed by atoms with van der Waals surface area (Å²) in [5, 5.41) is 0. The lowest BCUT2D eigenvalue weighted by Crippen LogP contribution is -2.30. The Morgan fingerprint density at radius 1 is 0.318 bits per heavy atom. The molecule has 0 N–H and O–H groups in total. The van der Waals surface area contributed by atoms with Crippen LogP contribution in [0.15, 0.2) is 158 Å². The van der Waals surface area contributed by atoms with Gasteiger partial charge in [0.15, 0.2) is 6.10 Å². The summed E-state index contributed by atoms with van der Waals surface area (Å²) in [6.07, 6.45) is 76.6. The molecule has 0 bridgehead atoms. The van der Waals surface area contributed by atoms with Crippen molar-refractivity contribution in [2.24, 2.45) is 0 Å². The molecule has 66 heavy (non-hydrogen) atoms. The maximum Gasteiger partial charge on any atom is 0.306 e. The van der Waals surface area contributed by atoms with Crippen LogP contribution in [-0.4, -0.2) is 37.2 Å². The third-order valence-corrected chi connectivity index (χ3v) is 9.89. The Labute approximate surface area is 403 Å². The Kier molecular flexibility index (Phi) is 48.7. The summed E-state index contributed by atoms with van der Waals surface area (Å²) in [7, 11) is 0. The smallest absolute Gasteiger partial charge is 0.306 e. The lowest BCUT2D eigenvalue weighted by molar-refractivity contribution is -0.167. The molecule has 0 aliphatic rings. The van der Waals surface area contributed by atoms with E-state index in [9.17, 15) is 14.4 Å². The van der Waals surface area contributed by atoms with E-state index in [-0.39, 0.29) is 50.4 Å². The average Bonchev–Trinajstić information content (AvgIpc) is 3.31. The van der Waals surface area contributed by atoms with Gasteiger partial charge in [0.25, 0.3) is 0 Å². The van der Waals surface area contributed by atoms with Gasteiger partial charge < -0.3 is 14.2 Å². The first kappa shape index (κ1) is 61.0. The van der Waals surface area contributed by atoms with Crippen molar-refractivity contribution in [2.45, 2.75) is 187 Å². The minimum absolute atomic E-state index is 0.131. The van der Waals surface area contributed by atoms with Gasteiger partial charge in [-0.1, -0.05) is 211 Å². The summed E-state index contributed by atoms with van der Waals surface area (Å²) in [6, 6.07) is 0. The van der Waals surface area contributed by atoms with E-state index in [2.05, 4.69) is 130 Å². The second-order valence-electron chi connectivity index (χ2n) is 16.1. The third kappa shape index (κ3) is 50.0. The minimum atomic E-state index is -0.834. The van der Waals surface area contributed by atoms with E-state index in [4.69, 9.17) is 14.2 Å². The maximum atomic E-state index is 12.8. The number of ether oxygens (including phenoxy) is 3. The van der Waals surface area contributed by atoms with Crippen molar-refractivity contribution in [1.29, 1.82) is 0 Å². The zero-order valence-electron chi connectivity index (χ0n) is 41.6. The molecule has 0 saturated carbocycles. The first-order valence-electron chi connectivity index (χ1n) is 25.6. The Balaban J connectivity index is 4.62. The van der Waals surface area contributed by atoms with Gasteiger partial charge in [0, 0.05) is 19.3 Å². The molecule has 0 aromatic carbocycles. The van der Waals surface area contributed by atoms with Gasteiger partial charge in [-0.15, -0.1) is 0 Å². The largest absolute Gasteiger partial charge is 0.462 e. The normalized spacial score (nSPS) is 13.4. The quantitative estimate of drug-likeness (QED) is 0.0199. The number of carbonyl (C=O) groups is 3. The molecule has 0 rings (SSSR count). The Hall–Kier alpha value is -4.97. The highest BCUT2D eigenvalue weighted by Crippen LogP contribution is 2.12. The molecule has 0 spiro atoms. The Bertz CT molecular complexity index is 1560. The lowest BCUT2D eigenvalue weighted by atomic mass is 10.1. The van der Waals surface area contributed by atoms with Gasteiger partial charge in [-0.25, -0.2) is 0 Å². The van der Waals surface area contributed by atoms with Gasteiger partial charge >= 0.3 is 17.9 Å². The van der Waals surface area contributed by atoms with Crippen LogP contribution < -0.4 is 0 Å². The van der Waals surface area contributed by atoms with Crippen molar-refractivity contribution in [3.63, 3.8) is 0 Å². The molecule has 366 valence electrons. The average molecular weight is 907 g/mol. The van der Waals surface area contributed by atoms with Gasteiger partial charge in [-0.3, -0.25) is 14.4 Å². The first-order valence-corrected chi connectivity index (χ1v) is 25.6. The lowest BCUT2D eigenvalue weighted by Gasteiger charge is -2.18. The minimum Gasteiger partial charge on any atom is -0.462 e. The highest BCUT2D eigenvalue weighted by atomic mass is 16.6. The van der Waals surface area contributed by atoms with E-state index in [0.29, 0.717) is 12.8 Å². The topological polar surface area (TPSA) is 78.9 Å². The Morgan fingerprint density at radius 3 is 1.11 bits per heavy atom. The van der Waals surface area contributed by atoms with Gasteiger partial charge in [0.2, 0.25) is 0 Å². The standard InChI is InChI=1S/C60H90O6/c1-4-7-10-13-16-19-22-25-28-30-33-35-38-41-44-47-50-53-59(62)65-56-57(55-64-58(61)52-49-46-43-40-37-34-31-27-24-21-18-15-12-9-6-3)66-60(63)54-51-48-45-42-39-36-32-29-26-23-20-17-14-11-8-5-2/h7-12,15-21,24-29,31,33-35,37,41,44,57H,4-6,13-14,22-23,30,32,36,38-40,42-43,45-56H2,1-3H3/b10-7-,11-8-,12-9-,18-15-,19-16-,20-17-,24-21-,28-25-,29-26-,31-27-,35-33-,37-34-,44-41-. The number of allylic oxidation sites excluding steroid dienone is 26. The molecule has 0 heterocycles. The summed E-state index contributed by atoms with van der Waals surface area (Å²) < 4.78 is 16.7. The van der Waals surface area contributed by atoms with E-state index < -0.39 is 6.10 Å². The molecule has 1 atom stereocenters. The van der Waals surface area contributed by atoms with Crippen molar-refractivity contribution >= 4 is 17.9 Å². The van der Waals surface area contributed by atoms with E-state index in [1.807, 2.05) is 48.6 Å². The monoisotopic (exact) mass is 907 g/mol. The molecule has 0 radical (unpaired) electrons.